The number of hydrogen-bond acceptors (Lipinski definition) is 5. The van der Waals surface area contributed by atoms with E-state index in [1.807, 2.05) is 29.0 Å². The van der Waals surface area contributed by atoms with Crippen LogP contribution in [0.1, 0.15) is 0 Å². The summed E-state index contributed by atoms with van der Waals surface area (Å²) in [6.45, 7) is 0. The molecule has 0 atom stereocenters. The van der Waals surface area contributed by atoms with E-state index in [-0.39, 0.29) is 0 Å². The van der Waals surface area contributed by atoms with E-state index >= 15 is 0 Å². The molecular formula is C13H12N4OS. The Morgan fingerprint density at radius 2 is 2.16 bits per heavy atom. The molecule has 5 nitrogen and oxygen atoms in total. The van der Waals surface area contributed by atoms with E-state index in [9.17, 15) is 0 Å². The fourth-order valence-electron chi connectivity index (χ4n) is 1.91. The predicted octanol–water partition coefficient (Wildman–Crippen LogP) is 2.52. The van der Waals surface area contributed by atoms with Gasteiger partial charge in [-0.05, 0) is 24.5 Å². The van der Waals surface area contributed by atoms with E-state index in [0.29, 0.717) is 0 Å². The lowest BCUT2D eigenvalue weighted by Crippen LogP contribution is -1.88. The summed E-state index contributed by atoms with van der Waals surface area (Å²) in [6, 6.07) is 6.09. The van der Waals surface area contributed by atoms with Crippen molar-refractivity contribution in [3.8, 4) is 17.0 Å². The number of aromatic nitrogens is 4. The average Bonchev–Trinajstić information content (AvgIpc) is 2.90. The summed E-state index contributed by atoms with van der Waals surface area (Å²) >= 11 is 1.68. The van der Waals surface area contributed by atoms with Crippen LogP contribution in [0.2, 0.25) is 0 Å². The second kappa shape index (κ2) is 4.89. The first-order valence-electron chi connectivity index (χ1n) is 5.69. The summed E-state index contributed by atoms with van der Waals surface area (Å²) in [5, 5.41) is 7.65. The van der Waals surface area contributed by atoms with Crippen molar-refractivity contribution >= 4 is 17.4 Å². The van der Waals surface area contributed by atoms with E-state index in [4.69, 9.17) is 4.74 Å². The molecule has 0 aliphatic carbocycles. The molecule has 0 bridgehead atoms. The highest BCUT2D eigenvalue weighted by atomic mass is 32.2. The van der Waals surface area contributed by atoms with Gasteiger partial charge in [0, 0.05) is 16.7 Å². The van der Waals surface area contributed by atoms with Crippen molar-refractivity contribution in [2.75, 3.05) is 13.4 Å². The molecule has 96 valence electrons. The fraction of sp³-hybridized carbons (Fsp3) is 0.154. The number of thioether (sulfide) groups is 1. The Kier molecular flexibility index (Phi) is 3.08. The highest BCUT2D eigenvalue weighted by Gasteiger charge is 2.10. The van der Waals surface area contributed by atoms with Gasteiger partial charge in [-0.1, -0.05) is 0 Å². The lowest BCUT2D eigenvalue weighted by Gasteiger charge is -2.07. The van der Waals surface area contributed by atoms with Gasteiger partial charge >= 0.3 is 0 Å². The van der Waals surface area contributed by atoms with Crippen molar-refractivity contribution < 1.29 is 4.74 Å². The molecule has 19 heavy (non-hydrogen) atoms. The summed E-state index contributed by atoms with van der Waals surface area (Å²) in [5.74, 6) is 0.816. The SMILES string of the molecule is COc1cc(SC)ccc1-c1cn2cnncc2n1. The minimum atomic E-state index is 0.765. The first-order chi connectivity index (χ1) is 9.31. The fourth-order valence-corrected chi connectivity index (χ4v) is 2.34. The molecule has 0 fully saturated rings. The quantitative estimate of drug-likeness (QED) is 0.686. The Hall–Kier alpha value is -2.08. The van der Waals surface area contributed by atoms with Crippen LogP contribution in [-0.4, -0.2) is 32.9 Å². The Labute approximate surface area is 114 Å². The number of ether oxygens (including phenoxy) is 1. The monoisotopic (exact) mass is 272 g/mol. The van der Waals surface area contributed by atoms with Gasteiger partial charge in [0.2, 0.25) is 0 Å². The van der Waals surface area contributed by atoms with Crippen LogP contribution in [0.25, 0.3) is 16.9 Å². The van der Waals surface area contributed by atoms with Crippen LogP contribution in [0.4, 0.5) is 0 Å². The van der Waals surface area contributed by atoms with E-state index in [1.54, 1.807) is 31.4 Å². The molecule has 1 aromatic carbocycles. The average molecular weight is 272 g/mol. The molecule has 0 amide bonds. The zero-order chi connectivity index (χ0) is 13.2. The molecule has 6 heteroatoms. The van der Waals surface area contributed by atoms with Crippen LogP contribution in [0.5, 0.6) is 5.75 Å². The van der Waals surface area contributed by atoms with Gasteiger partial charge in [-0.15, -0.1) is 16.9 Å². The number of rotatable bonds is 3. The smallest absolute Gasteiger partial charge is 0.159 e. The molecule has 0 spiro atoms. The van der Waals surface area contributed by atoms with Gasteiger partial charge in [0.15, 0.2) is 5.65 Å². The third kappa shape index (κ3) is 2.15. The molecule has 3 rings (SSSR count). The molecule has 0 aliphatic rings. The van der Waals surface area contributed by atoms with Gasteiger partial charge in [0.05, 0.1) is 19.0 Å². The molecule has 0 N–H and O–H groups in total. The maximum atomic E-state index is 5.44. The van der Waals surface area contributed by atoms with Crippen LogP contribution in [0, 0.1) is 0 Å². The summed E-state index contributed by atoms with van der Waals surface area (Å²) in [5.41, 5.74) is 2.57. The third-order valence-electron chi connectivity index (χ3n) is 2.86. The standard InChI is InChI=1S/C13H12N4OS/c1-18-12-5-9(19-2)3-4-10(12)11-7-17-8-15-14-6-13(17)16-11/h3-8H,1-2H3. The lowest BCUT2D eigenvalue weighted by molar-refractivity contribution is 0.415. The van der Waals surface area contributed by atoms with E-state index in [1.165, 1.54) is 0 Å². The first kappa shape index (κ1) is 12.0. The third-order valence-corrected chi connectivity index (χ3v) is 3.59. The summed E-state index contributed by atoms with van der Waals surface area (Å²) in [7, 11) is 1.67. The number of benzene rings is 1. The normalized spacial score (nSPS) is 10.8. The second-order valence-electron chi connectivity index (χ2n) is 3.93. The Morgan fingerprint density at radius 1 is 1.26 bits per heavy atom. The van der Waals surface area contributed by atoms with E-state index in [2.05, 4.69) is 21.2 Å². The molecule has 0 radical (unpaired) electrons. The number of methoxy groups -OCH3 is 1. The Morgan fingerprint density at radius 3 is 2.89 bits per heavy atom. The van der Waals surface area contributed by atoms with Crippen molar-refractivity contribution in [2.45, 2.75) is 4.90 Å². The number of imidazole rings is 1. The molecule has 0 saturated heterocycles. The largest absolute Gasteiger partial charge is 0.496 e. The van der Waals surface area contributed by atoms with Crippen molar-refractivity contribution in [2.24, 2.45) is 0 Å². The maximum Gasteiger partial charge on any atom is 0.159 e. The van der Waals surface area contributed by atoms with Crippen molar-refractivity contribution in [1.82, 2.24) is 19.6 Å². The number of hydrogen-bond donors (Lipinski definition) is 0. The molecule has 3 aromatic rings. The van der Waals surface area contributed by atoms with Crippen LogP contribution < -0.4 is 4.74 Å². The zero-order valence-electron chi connectivity index (χ0n) is 10.6. The topological polar surface area (TPSA) is 52.3 Å². The van der Waals surface area contributed by atoms with Gasteiger partial charge in [-0.2, -0.15) is 5.10 Å². The molecule has 0 unspecified atom stereocenters. The van der Waals surface area contributed by atoms with E-state index in [0.717, 1.165) is 27.5 Å². The van der Waals surface area contributed by atoms with Crippen molar-refractivity contribution in [3.63, 3.8) is 0 Å². The van der Waals surface area contributed by atoms with Crippen LogP contribution >= 0.6 is 11.8 Å². The molecule has 2 aromatic heterocycles. The summed E-state index contributed by atoms with van der Waals surface area (Å²) < 4.78 is 7.28. The van der Waals surface area contributed by atoms with Gasteiger partial charge in [-0.3, -0.25) is 4.40 Å². The maximum absolute atomic E-state index is 5.44. The van der Waals surface area contributed by atoms with Gasteiger partial charge in [0.25, 0.3) is 0 Å². The van der Waals surface area contributed by atoms with Crippen molar-refractivity contribution in [3.05, 3.63) is 36.9 Å². The Bertz CT molecular complexity index is 692. The van der Waals surface area contributed by atoms with Gasteiger partial charge in [0.1, 0.15) is 12.1 Å². The molecular weight excluding hydrogens is 260 g/mol. The predicted molar refractivity (Wildman–Crippen MR) is 74.6 cm³/mol. The number of nitrogens with zero attached hydrogens (tertiary/aromatic N) is 4. The number of fused-ring (bicyclic) bond motifs is 1. The first-order valence-corrected chi connectivity index (χ1v) is 6.92. The minimum Gasteiger partial charge on any atom is -0.496 e. The van der Waals surface area contributed by atoms with Gasteiger partial charge in [-0.25, -0.2) is 4.98 Å². The zero-order valence-corrected chi connectivity index (χ0v) is 11.4. The molecule has 0 saturated carbocycles. The lowest BCUT2D eigenvalue weighted by atomic mass is 10.1. The summed E-state index contributed by atoms with van der Waals surface area (Å²) in [6.07, 6.45) is 7.22. The van der Waals surface area contributed by atoms with Crippen LogP contribution in [0.15, 0.2) is 41.8 Å². The molecule has 2 heterocycles. The minimum absolute atomic E-state index is 0.765. The van der Waals surface area contributed by atoms with Crippen LogP contribution in [-0.2, 0) is 0 Å². The Balaban J connectivity index is 2.15. The van der Waals surface area contributed by atoms with Gasteiger partial charge < -0.3 is 4.74 Å². The van der Waals surface area contributed by atoms with Crippen LogP contribution in [0.3, 0.4) is 0 Å². The summed E-state index contributed by atoms with van der Waals surface area (Å²) in [4.78, 5) is 5.68. The second-order valence-corrected chi connectivity index (χ2v) is 4.81. The molecule has 0 aliphatic heterocycles. The highest BCUT2D eigenvalue weighted by Crippen LogP contribution is 2.32. The van der Waals surface area contributed by atoms with E-state index < -0.39 is 0 Å². The van der Waals surface area contributed by atoms with Crippen molar-refractivity contribution in [1.29, 1.82) is 0 Å². The highest BCUT2D eigenvalue weighted by molar-refractivity contribution is 7.98.